The van der Waals surface area contributed by atoms with Crippen LogP contribution in [-0.2, 0) is 36.9 Å². The molecule has 0 saturated heterocycles. The van der Waals surface area contributed by atoms with Gasteiger partial charge >= 0.3 is 0 Å². The van der Waals surface area contributed by atoms with Crippen LogP contribution in [0.2, 0.25) is 0 Å². The zero-order valence-electron chi connectivity index (χ0n) is 25.5. The Bertz CT molecular complexity index is 1810. The van der Waals surface area contributed by atoms with Gasteiger partial charge in [0.1, 0.15) is 11.0 Å². The number of aryl methyl sites for hydroxylation is 2. The summed E-state index contributed by atoms with van der Waals surface area (Å²) in [5.41, 5.74) is 6.54. The van der Waals surface area contributed by atoms with E-state index in [1.54, 1.807) is 27.2 Å². The van der Waals surface area contributed by atoms with Gasteiger partial charge in [0.25, 0.3) is 5.56 Å². The van der Waals surface area contributed by atoms with E-state index in [4.69, 9.17) is 9.97 Å². The molecule has 4 aromatic rings. The molecule has 7 rings (SSSR count). The lowest BCUT2D eigenvalue weighted by molar-refractivity contribution is 0.0306. The molecular formula is C34H41N7O2. The van der Waals surface area contributed by atoms with Crippen molar-refractivity contribution in [2.45, 2.75) is 89.8 Å². The van der Waals surface area contributed by atoms with Gasteiger partial charge in [0, 0.05) is 30.4 Å². The van der Waals surface area contributed by atoms with Gasteiger partial charge in [0.2, 0.25) is 5.95 Å². The standard InChI is InChI=1S/C34H41N7O2/c1-5-16-40-31(42)26-19-35-32(38-30(26)41(40)27-12-11-22-13-15-34(43,6-2)29(22)37-27)36-25-17-23-10-8-9-14-33(4)21-39(7-3)20-24(18-25)28(23)33/h5,11-12,17-19,43H,1,6-10,13-16,20-21H2,2-4H3,(H,35,36,38). The Morgan fingerprint density at radius 1 is 1.09 bits per heavy atom. The number of benzene rings is 1. The molecule has 9 nitrogen and oxygen atoms in total. The molecule has 0 fully saturated rings. The lowest BCUT2D eigenvalue weighted by atomic mass is 9.72. The van der Waals surface area contributed by atoms with Gasteiger partial charge < -0.3 is 10.4 Å². The predicted molar refractivity (Wildman–Crippen MR) is 169 cm³/mol. The third-order valence-electron chi connectivity index (χ3n) is 9.99. The molecule has 1 aromatic carbocycles. The van der Waals surface area contributed by atoms with Gasteiger partial charge in [0.15, 0.2) is 11.5 Å². The Kier molecular flexibility index (Phi) is 6.78. The van der Waals surface area contributed by atoms with Crippen molar-refractivity contribution in [1.29, 1.82) is 0 Å². The summed E-state index contributed by atoms with van der Waals surface area (Å²) in [6, 6.07) is 8.46. The highest BCUT2D eigenvalue weighted by Gasteiger charge is 2.39. The fraction of sp³-hybridized carbons (Fsp3) is 0.471. The number of aromatic nitrogens is 5. The van der Waals surface area contributed by atoms with E-state index < -0.39 is 5.60 Å². The van der Waals surface area contributed by atoms with Crippen molar-refractivity contribution in [3.05, 3.63) is 81.4 Å². The van der Waals surface area contributed by atoms with Gasteiger partial charge in [-0.25, -0.2) is 19.3 Å². The van der Waals surface area contributed by atoms with Crippen LogP contribution in [0.3, 0.4) is 0 Å². The van der Waals surface area contributed by atoms with E-state index in [-0.39, 0.29) is 17.5 Å². The minimum absolute atomic E-state index is 0.181. The van der Waals surface area contributed by atoms with E-state index >= 15 is 0 Å². The molecular weight excluding hydrogens is 538 g/mol. The number of aliphatic hydroxyl groups is 1. The summed E-state index contributed by atoms with van der Waals surface area (Å²) in [5, 5.41) is 15.1. The predicted octanol–water partition coefficient (Wildman–Crippen LogP) is 5.27. The Hall–Kier alpha value is -3.82. The molecule has 0 radical (unpaired) electrons. The number of nitrogens with one attached hydrogen (secondary N) is 1. The van der Waals surface area contributed by atoms with Crippen LogP contribution in [0.5, 0.6) is 0 Å². The Morgan fingerprint density at radius 3 is 2.72 bits per heavy atom. The number of allylic oxidation sites excluding steroid dienone is 1. The number of fused-ring (bicyclic) bond motifs is 2. The fourth-order valence-corrected chi connectivity index (χ4v) is 7.81. The monoisotopic (exact) mass is 579 g/mol. The lowest BCUT2D eigenvalue weighted by Crippen LogP contribution is -2.44. The molecule has 3 aromatic heterocycles. The van der Waals surface area contributed by atoms with Crippen LogP contribution in [0.15, 0.2) is 47.9 Å². The summed E-state index contributed by atoms with van der Waals surface area (Å²) in [4.78, 5) is 30.5. The molecule has 0 saturated carbocycles. The molecule has 43 heavy (non-hydrogen) atoms. The smallest absolute Gasteiger partial charge is 0.278 e. The molecule has 2 atom stereocenters. The first kappa shape index (κ1) is 28.0. The largest absolute Gasteiger partial charge is 0.384 e. The minimum atomic E-state index is -0.964. The Balaban J connectivity index is 1.33. The quantitative estimate of drug-likeness (QED) is 0.288. The van der Waals surface area contributed by atoms with E-state index in [0.717, 1.165) is 43.7 Å². The summed E-state index contributed by atoms with van der Waals surface area (Å²) in [6.07, 6.45) is 10.1. The third kappa shape index (κ3) is 4.52. The van der Waals surface area contributed by atoms with Crippen molar-refractivity contribution in [2.24, 2.45) is 0 Å². The van der Waals surface area contributed by atoms with Gasteiger partial charge in [-0.2, -0.15) is 4.98 Å². The highest BCUT2D eigenvalue weighted by atomic mass is 16.3. The maximum absolute atomic E-state index is 13.5. The lowest BCUT2D eigenvalue weighted by Gasteiger charge is -2.42. The summed E-state index contributed by atoms with van der Waals surface area (Å²) in [7, 11) is 0. The first-order valence-corrected chi connectivity index (χ1v) is 15.7. The van der Waals surface area contributed by atoms with E-state index in [0.29, 0.717) is 41.3 Å². The molecule has 4 heterocycles. The van der Waals surface area contributed by atoms with Crippen molar-refractivity contribution in [3.63, 3.8) is 0 Å². The van der Waals surface area contributed by atoms with E-state index in [9.17, 15) is 9.90 Å². The van der Waals surface area contributed by atoms with Gasteiger partial charge in [-0.3, -0.25) is 9.69 Å². The highest BCUT2D eigenvalue weighted by Crippen LogP contribution is 2.44. The second kappa shape index (κ2) is 10.4. The summed E-state index contributed by atoms with van der Waals surface area (Å²) < 4.78 is 3.32. The van der Waals surface area contributed by atoms with Crippen LogP contribution in [-0.4, -0.2) is 47.4 Å². The Labute approximate surface area is 252 Å². The van der Waals surface area contributed by atoms with Gasteiger partial charge in [0.05, 0.1) is 12.2 Å². The van der Waals surface area contributed by atoms with E-state index in [1.165, 1.54) is 30.4 Å². The fourth-order valence-electron chi connectivity index (χ4n) is 7.81. The number of nitrogens with zero attached hydrogens (tertiary/aromatic N) is 6. The van der Waals surface area contributed by atoms with Crippen LogP contribution < -0.4 is 10.9 Å². The summed E-state index contributed by atoms with van der Waals surface area (Å²) in [6.45, 7) is 13.9. The number of rotatable bonds is 7. The first-order valence-electron chi connectivity index (χ1n) is 15.7. The van der Waals surface area contributed by atoms with Crippen LogP contribution in [0.1, 0.15) is 80.8 Å². The maximum atomic E-state index is 13.5. The van der Waals surface area contributed by atoms with Crippen molar-refractivity contribution < 1.29 is 5.11 Å². The molecule has 0 amide bonds. The van der Waals surface area contributed by atoms with Crippen LogP contribution >= 0.6 is 0 Å². The van der Waals surface area contributed by atoms with Gasteiger partial charge in [-0.15, -0.1) is 6.58 Å². The molecule has 2 aliphatic carbocycles. The highest BCUT2D eigenvalue weighted by molar-refractivity contribution is 5.77. The zero-order chi connectivity index (χ0) is 29.9. The van der Waals surface area contributed by atoms with E-state index in [1.807, 2.05) is 19.1 Å². The van der Waals surface area contributed by atoms with E-state index in [2.05, 4.69) is 47.8 Å². The minimum Gasteiger partial charge on any atom is -0.384 e. The number of hydrogen-bond donors (Lipinski definition) is 2. The van der Waals surface area contributed by atoms with Crippen molar-refractivity contribution in [2.75, 3.05) is 18.4 Å². The second-order valence-corrected chi connectivity index (χ2v) is 12.8. The molecule has 0 bridgehead atoms. The van der Waals surface area contributed by atoms with Gasteiger partial charge in [-0.1, -0.05) is 39.3 Å². The Morgan fingerprint density at radius 2 is 1.93 bits per heavy atom. The SMILES string of the molecule is C=CCn1c(=O)c2cnc(Nc3cc4c5c(c3)CN(CC)CC5(C)CCCC4)nc2n1-c1ccc2c(n1)C(O)(CC)CC2. The average molecular weight is 580 g/mol. The topological polar surface area (TPSA) is 101 Å². The molecule has 1 aliphatic heterocycles. The second-order valence-electron chi connectivity index (χ2n) is 12.8. The number of anilines is 2. The van der Waals surface area contributed by atoms with Crippen molar-refractivity contribution in [1.82, 2.24) is 29.2 Å². The summed E-state index contributed by atoms with van der Waals surface area (Å²) in [5.74, 6) is 0.967. The summed E-state index contributed by atoms with van der Waals surface area (Å²) >= 11 is 0. The molecule has 9 heteroatoms. The van der Waals surface area contributed by atoms with Crippen LogP contribution in [0.25, 0.3) is 16.9 Å². The molecule has 0 spiro atoms. The van der Waals surface area contributed by atoms with Crippen LogP contribution in [0.4, 0.5) is 11.6 Å². The third-order valence-corrected chi connectivity index (χ3v) is 9.99. The number of likely N-dealkylation sites (N-methyl/N-ethyl adjacent to an activating group) is 1. The maximum Gasteiger partial charge on any atom is 0.278 e. The number of pyridine rings is 1. The van der Waals surface area contributed by atoms with Crippen molar-refractivity contribution in [3.8, 4) is 5.82 Å². The number of hydrogen-bond acceptors (Lipinski definition) is 7. The van der Waals surface area contributed by atoms with Crippen LogP contribution in [0, 0.1) is 0 Å². The molecule has 2 N–H and O–H groups in total. The average Bonchev–Trinajstić information content (AvgIpc) is 3.41. The van der Waals surface area contributed by atoms with Gasteiger partial charge in [-0.05, 0) is 85.5 Å². The molecule has 224 valence electrons. The van der Waals surface area contributed by atoms with Crippen molar-refractivity contribution >= 4 is 22.7 Å². The zero-order valence-corrected chi connectivity index (χ0v) is 25.5. The molecule has 2 unspecified atom stereocenters. The normalized spacial score (nSPS) is 23.2. The first-order chi connectivity index (χ1) is 20.8. The molecule has 3 aliphatic rings.